The average molecular weight is 407 g/mol. The zero-order chi connectivity index (χ0) is 21.0. The van der Waals surface area contributed by atoms with Gasteiger partial charge in [-0.05, 0) is 62.6 Å². The number of aliphatic hydroxyl groups excluding tert-OH is 1. The SMILES string of the molecule is CSc1ccc(NC(=N[C@H]2c3cc(C#N)ccc3OC(C)(C)[C@@H]2O)NC#N)cc1. The van der Waals surface area contributed by atoms with E-state index in [2.05, 4.69) is 21.7 Å². The van der Waals surface area contributed by atoms with E-state index in [9.17, 15) is 10.4 Å². The van der Waals surface area contributed by atoms with Crippen LogP contribution in [0.3, 0.4) is 0 Å². The number of hydrogen-bond acceptors (Lipinski definition) is 6. The highest BCUT2D eigenvalue weighted by Crippen LogP contribution is 2.42. The molecule has 0 radical (unpaired) electrons. The van der Waals surface area contributed by atoms with Gasteiger partial charge in [-0.15, -0.1) is 11.8 Å². The van der Waals surface area contributed by atoms with Crippen LogP contribution in [0.5, 0.6) is 5.75 Å². The Balaban J connectivity index is 2.01. The number of anilines is 1. The van der Waals surface area contributed by atoms with Crippen LogP contribution in [0, 0.1) is 22.8 Å². The molecule has 0 bridgehead atoms. The predicted molar refractivity (Wildman–Crippen MR) is 113 cm³/mol. The molecule has 2 aromatic rings. The summed E-state index contributed by atoms with van der Waals surface area (Å²) in [5.74, 6) is 0.744. The molecule has 0 unspecified atom stereocenters. The highest BCUT2D eigenvalue weighted by molar-refractivity contribution is 7.98. The molecule has 29 heavy (non-hydrogen) atoms. The second-order valence-electron chi connectivity index (χ2n) is 7.03. The summed E-state index contributed by atoms with van der Waals surface area (Å²) < 4.78 is 5.91. The summed E-state index contributed by atoms with van der Waals surface area (Å²) in [5.41, 5.74) is 0.881. The summed E-state index contributed by atoms with van der Waals surface area (Å²) in [4.78, 5) is 5.70. The molecule has 7 nitrogen and oxygen atoms in total. The van der Waals surface area contributed by atoms with Gasteiger partial charge in [-0.25, -0.2) is 4.99 Å². The van der Waals surface area contributed by atoms with E-state index in [-0.39, 0.29) is 5.96 Å². The molecule has 0 saturated carbocycles. The third-order valence-electron chi connectivity index (χ3n) is 4.64. The van der Waals surface area contributed by atoms with Crippen LogP contribution in [0.2, 0.25) is 0 Å². The largest absolute Gasteiger partial charge is 0.485 e. The smallest absolute Gasteiger partial charge is 0.209 e. The number of fused-ring (bicyclic) bond motifs is 1. The second kappa shape index (κ2) is 8.44. The first-order valence-corrected chi connectivity index (χ1v) is 10.2. The Morgan fingerprint density at radius 1 is 1.21 bits per heavy atom. The van der Waals surface area contributed by atoms with Crippen LogP contribution in [0.25, 0.3) is 0 Å². The van der Waals surface area contributed by atoms with E-state index >= 15 is 0 Å². The van der Waals surface area contributed by atoms with Gasteiger partial charge in [-0.1, -0.05) is 0 Å². The molecular formula is C21H21N5O2S. The number of thioether (sulfide) groups is 1. The van der Waals surface area contributed by atoms with Crippen LogP contribution in [-0.2, 0) is 0 Å². The number of aliphatic hydroxyl groups is 1. The molecule has 0 aromatic heterocycles. The zero-order valence-corrected chi connectivity index (χ0v) is 17.1. The van der Waals surface area contributed by atoms with Crippen molar-refractivity contribution < 1.29 is 9.84 Å². The van der Waals surface area contributed by atoms with Crippen LogP contribution in [0.15, 0.2) is 52.4 Å². The minimum absolute atomic E-state index is 0.194. The van der Waals surface area contributed by atoms with Crippen molar-refractivity contribution in [1.29, 1.82) is 10.5 Å². The van der Waals surface area contributed by atoms with Crippen molar-refractivity contribution in [2.24, 2.45) is 4.99 Å². The topological polar surface area (TPSA) is 113 Å². The monoisotopic (exact) mass is 407 g/mol. The molecule has 0 saturated heterocycles. The average Bonchev–Trinajstić information content (AvgIpc) is 2.71. The van der Waals surface area contributed by atoms with Gasteiger partial charge in [0.25, 0.3) is 0 Å². The first kappa shape index (κ1) is 20.5. The Labute approximate surface area is 174 Å². The molecule has 2 aromatic carbocycles. The number of nitrogens with one attached hydrogen (secondary N) is 2. The minimum atomic E-state index is -0.986. The van der Waals surface area contributed by atoms with Gasteiger partial charge in [0.05, 0.1) is 11.6 Å². The third kappa shape index (κ3) is 4.45. The van der Waals surface area contributed by atoms with Gasteiger partial charge in [0.15, 0.2) is 6.19 Å². The quantitative estimate of drug-likeness (QED) is 0.235. The molecule has 3 N–H and O–H groups in total. The van der Waals surface area contributed by atoms with E-state index in [1.54, 1.807) is 43.8 Å². The van der Waals surface area contributed by atoms with Crippen LogP contribution in [0.1, 0.15) is 31.0 Å². The molecule has 1 aliphatic rings. The van der Waals surface area contributed by atoms with Gasteiger partial charge in [-0.2, -0.15) is 10.5 Å². The van der Waals surface area contributed by atoms with E-state index < -0.39 is 17.7 Å². The van der Waals surface area contributed by atoms with E-state index in [0.29, 0.717) is 16.9 Å². The first-order valence-electron chi connectivity index (χ1n) is 8.93. The number of hydrogen-bond donors (Lipinski definition) is 3. The van der Waals surface area contributed by atoms with E-state index in [0.717, 1.165) is 10.6 Å². The second-order valence-corrected chi connectivity index (χ2v) is 7.91. The Morgan fingerprint density at radius 2 is 1.93 bits per heavy atom. The third-order valence-corrected chi connectivity index (χ3v) is 5.38. The van der Waals surface area contributed by atoms with Crippen molar-refractivity contribution in [3.05, 3.63) is 53.6 Å². The zero-order valence-electron chi connectivity index (χ0n) is 16.3. The van der Waals surface area contributed by atoms with Crippen molar-refractivity contribution in [2.45, 2.75) is 36.5 Å². The van der Waals surface area contributed by atoms with Crippen molar-refractivity contribution >= 4 is 23.4 Å². The van der Waals surface area contributed by atoms with Gasteiger partial charge in [0.1, 0.15) is 23.5 Å². The number of benzene rings is 2. The molecule has 3 rings (SSSR count). The normalized spacial score (nSPS) is 19.9. The molecule has 8 heteroatoms. The molecule has 0 amide bonds. The van der Waals surface area contributed by atoms with Gasteiger partial charge in [0, 0.05) is 16.1 Å². The Bertz CT molecular complexity index is 1010. The van der Waals surface area contributed by atoms with Gasteiger partial charge >= 0.3 is 0 Å². The standard InChI is InChI=1S/C21H21N5O2S/c1-21(2)19(27)18(16-10-13(11-22)4-9-17(16)28-21)26-20(24-12-23)25-14-5-7-15(29-3)8-6-14/h4-10,18-19,27H,1-3H3,(H2,24,25,26)/t18-,19+/m0/s1. The predicted octanol–water partition coefficient (Wildman–Crippen LogP) is 3.39. The summed E-state index contributed by atoms with van der Waals surface area (Å²) >= 11 is 1.63. The Morgan fingerprint density at radius 3 is 2.55 bits per heavy atom. The lowest BCUT2D eigenvalue weighted by Gasteiger charge is -2.40. The van der Waals surface area contributed by atoms with Gasteiger partial charge < -0.3 is 15.2 Å². The number of guanidine groups is 1. The maximum absolute atomic E-state index is 10.9. The summed E-state index contributed by atoms with van der Waals surface area (Å²) in [6.45, 7) is 3.54. The van der Waals surface area contributed by atoms with Crippen molar-refractivity contribution in [1.82, 2.24) is 5.32 Å². The van der Waals surface area contributed by atoms with Crippen molar-refractivity contribution in [2.75, 3.05) is 11.6 Å². The fourth-order valence-electron chi connectivity index (χ4n) is 3.08. The fraction of sp³-hybridized carbons (Fsp3) is 0.286. The molecular weight excluding hydrogens is 386 g/mol. The summed E-state index contributed by atoms with van der Waals surface area (Å²) in [6.07, 6.45) is 2.88. The van der Waals surface area contributed by atoms with Crippen molar-refractivity contribution in [3.63, 3.8) is 0 Å². The lowest BCUT2D eigenvalue weighted by molar-refractivity contribution is -0.0567. The highest BCUT2D eigenvalue weighted by atomic mass is 32.2. The number of rotatable bonds is 3. The molecule has 0 fully saturated rings. The van der Waals surface area contributed by atoms with E-state index in [4.69, 9.17) is 10.00 Å². The number of aliphatic imine (C=N–C) groups is 1. The number of nitrogens with zero attached hydrogens (tertiary/aromatic N) is 3. The van der Waals surface area contributed by atoms with Crippen LogP contribution >= 0.6 is 11.8 Å². The summed E-state index contributed by atoms with van der Waals surface area (Å²) in [5, 5.41) is 34.9. The lowest BCUT2D eigenvalue weighted by atomic mass is 9.86. The van der Waals surface area contributed by atoms with Crippen LogP contribution in [-0.4, -0.2) is 29.0 Å². The van der Waals surface area contributed by atoms with Crippen LogP contribution in [0.4, 0.5) is 5.69 Å². The molecule has 0 aliphatic carbocycles. The lowest BCUT2D eigenvalue weighted by Crippen LogP contribution is -2.49. The van der Waals surface area contributed by atoms with Gasteiger partial charge in [-0.3, -0.25) is 5.32 Å². The number of nitriles is 2. The first-order chi connectivity index (χ1) is 13.9. The molecule has 148 valence electrons. The van der Waals surface area contributed by atoms with Crippen molar-refractivity contribution in [3.8, 4) is 18.0 Å². The maximum atomic E-state index is 10.9. The molecule has 1 aliphatic heterocycles. The maximum Gasteiger partial charge on any atom is 0.209 e. The summed E-state index contributed by atoms with van der Waals surface area (Å²) in [6, 6.07) is 14.1. The highest BCUT2D eigenvalue weighted by Gasteiger charge is 2.43. The Hall–Kier alpha value is -3.20. The van der Waals surface area contributed by atoms with E-state index in [1.807, 2.05) is 36.7 Å². The summed E-state index contributed by atoms with van der Waals surface area (Å²) in [7, 11) is 0. The van der Waals surface area contributed by atoms with Gasteiger partial charge in [0.2, 0.25) is 5.96 Å². The molecule has 1 heterocycles. The van der Waals surface area contributed by atoms with E-state index in [1.165, 1.54) is 0 Å². The Kier molecular flexibility index (Phi) is 5.97. The van der Waals surface area contributed by atoms with Crippen LogP contribution < -0.4 is 15.4 Å². The number of ether oxygens (including phenoxy) is 1. The minimum Gasteiger partial charge on any atom is -0.485 e. The molecule has 0 spiro atoms. The molecule has 2 atom stereocenters. The fourth-order valence-corrected chi connectivity index (χ4v) is 3.48.